The van der Waals surface area contributed by atoms with Crippen LogP contribution in [0.5, 0.6) is 0 Å². The average Bonchev–Trinajstić information content (AvgIpc) is 1.91. The molecule has 0 fully saturated rings. The fourth-order valence-corrected chi connectivity index (χ4v) is 0.342. The summed E-state index contributed by atoms with van der Waals surface area (Å²) in [7, 11) is 0. The monoisotopic (exact) mass is 126 g/mol. The van der Waals surface area contributed by atoms with Crippen LogP contribution in [0.3, 0.4) is 0 Å². The van der Waals surface area contributed by atoms with E-state index in [2.05, 4.69) is 11.5 Å². The molecule has 0 aromatic heterocycles. The highest BCUT2D eigenvalue weighted by molar-refractivity contribution is 5.14. The second kappa shape index (κ2) is 5.12. The van der Waals surface area contributed by atoms with E-state index in [-0.39, 0.29) is 0 Å². The van der Waals surface area contributed by atoms with Gasteiger partial charge in [0, 0.05) is 0 Å². The molecule has 0 spiro atoms. The summed E-state index contributed by atoms with van der Waals surface area (Å²) >= 11 is 0. The zero-order valence-electron chi connectivity index (χ0n) is 5.37. The van der Waals surface area contributed by atoms with E-state index in [9.17, 15) is 0 Å². The Hall–Kier alpha value is -1.02. The van der Waals surface area contributed by atoms with E-state index in [1.807, 2.05) is 0 Å². The maximum absolute atomic E-state index is 8.10. The van der Waals surface area contributed by atoms with Gasteiger partial charge in [-0.3, -0.25) is 0 Å². The van der Waals surface area contributed by atoms with Crippen molar-refractivity contribution in [1.82, 2.24) is 0 Å². The summed E-state index contributed by atoms with van der Waals surface area (Å²) in [4.78, 5) is 3.93. The first kappa shape index (κ1) is 7.98. The van der Waals surface area contributed by atoms with Crippen LogP contribution >= 0.6 is 0 Å². The first-order valence-corrected chi connectivity index (χ1v) is 2.62. The second-order valence-corrected chi connectivity index (χ2v) is 1.38. The molecule has 0 saturated carbocycles. The van der Waals surface area contributed by atoms with Crippen molar-refractivity contribution < 1.29 is 10.1 Å². The fraction of sp³-hybridized carbons (Fsp3) is 0.143. The Kier molecular flexibility index (Phi) is 4.54. The highest BCUT2D eigenvalue weighted by Gasteiger charge is 1.83. The summed E-state index contributed by atoms with van der Waals surface area (Å²) in [6.07, 6.45) is 6.51. The summed E-state index contributed by atoms with van der Waals surface area (Å²) < 4.78 is 0. The number of rotatable bonds is 3. The van der Waals surface area contributed by atoms with E-state index in [1.165, 1.54) is 0 Å². The molecule has 50 valence electrons. The molecule has 0 aromatic carbocycles. The third-order valence-corrected chi connectivity index (χ3v) is 0.787. The van der Waals surface area contributed by atoms with Crippen molar-refractivity contribution in [2.24, 2.45) is 0 Å². The first-order valence-electron chi connectivity index (χ1n) is 2.62. The van der Waals surface area contributed by atoms with Gasteiger partial charge in [0.2, 0.25) is 0 Å². The minimum Gasteiger partial charge on any atom is -0.341 e. The molecule has 0 saturated heterocycles. The molecule has 0 heterocycles. The van der Waals surface area contributed by atoms with Gasteiger partial charge in [0.15, 0.2) is 5.76 Å². The lowest BCUT2D eigenvalue weighted by molar-refractivity contribution is -0.198. The van der Waals surface area contributed by atoms with Crippen LogP contribution in [0.25, 0.3) is 0 Å². The van der Waals surface area contributed by atoms with Crippen LogP contribution in [0.4, 0.5) is 0 Å². The lowest BCUT2D eigenvalue weighted by atomic mass is 10.4. The van der Waals surface area contributed by atoms with Gasteiger partial charge in [-0.1, -0.05) is 18.7 Å². The Labute approximate surface area is 54.7 Å². The van der Waals surface area contributed by atoms with Gasteiger partial charge in [0.25, 0.3) is 0 Å². The molecule has 0 bridgehead atoms. The van der Waals surface area contributed by atoms with Crippen molar-refractivity contribution in [2.75, 3.05) is 0 Å². The molecular weight excluding hydrogens is 116 g/mol. The molecule has 0 radical (unpaired) electrons. The zero-order valence-corrected chi connectivity index (χ0v) is 5.37. The molecule has 0 aliphatic heterocycles. The predicted octanol–water partition coefficient (Wildman–Crippen LogP) is 2.12. The summed E-state index contributed by atoms with van der Waals surface area (Å²) in [6, 6.07) is 0. The van der Waals surface area contributed by atoms with Crippen LogP contribution < -0.4 is 0 Å². The van der Waals surface area contributed by atoms with Gasteiger partial charge in [0.05, 0.1) is 0 Å². The summed E-state index contributed by atoms with van der Waals surface area (Å²) in [5.41, 5.74) is 0. The molecule has 2 heteroatoms. The molecular formula is C7H10O2. The summed E-state index contributed by atoms with van der Waals surface area (Å²) in [5.74, 6) is 0.412. The topological polar surface area (TPSA) is 29.5 Å². The predicted molar refractivity (Wildman–Crippen MR) is 36.8 cm³/mol. The van der Waals surface area contributed by atoms with Crippen molar-refractivity contribution in [3.05, 3.63) is 36.6 Å². The van der Waals surface area contributed by atoms with Crippen molar-refractivity contribution in [1.29, 1.82) is 0 Å². The standard InChI is InChI=1S/C7H10O2/c1-3-5-6-7(4-2)9-8/h3-6,8H,1H2,2H3/b6-5-,7-4+. The highest BCUT2D eigenvalue weighted by Crippen LogP contribution is 1.95. The van der Waals surface area contributed by atoms with Gasteiger partial charge in [-0.2, -0.15) is 0 Å². The Morgan fingerprint density at radius 1 is 1.67 bits per heavy atom. The molecule has 0 amide bonds. The van der Waals surface area contributed by atoms with Crippen molar-refractivity contribution in [2.45, 2.75) is 6.92 Å². The Morgan fingerprint density at radius 3 is 2.67 bits per heavy atom. The molecule has 0 aliphatic rings. The first-order chi connectivity index (χ1) is 4.35. The third-order valence-electron chi connectivity index (χ3n) is 0.787. The van der Waals surface area contributed by atoms with Crippen molar-refractivity contribution in [3.63, 3.8) is 0 Å². The molecule has 0 rings (SSSR count). The van der Waals surface area contributed by atoms with Crippen LogP contribution in [0.1, 0.15) is 6.92 Å². The minimum atomic E-state index is 0.412. The van der Waals surface area contributed by atoms with Crippen LogP contribution in [0.15, 0.2) is 36.6 Å². The Balaban J connectivity index is 3.84. The van der Waals surface area contributed by atoms with E-state index in [4.69, 9.17) is 5.26 Å². The highest BCUT2D eigenvalue weighted by atomic mass is 17.1. The van der Waals surface area contributed by atoms with E-state index in [0.717, 1.165) is 0 Å². The van der Waals surface area contributed by atoms with Gasteiger partial charge >= 0.3 is 0 Å². The van der Waals surface area contributed by atoms with Crippen molar-refractivity contribution >= 4 is 0 Å². The van der Waals surface area contributed by atoms with Gasteiger partial charge in [0.1, 0.15) is 0 Å². The van der Waals surface area contributed by atoms with Gasteiger partial charge < -0.3 is 4.89 Å². The normalized spacial score (nSPS) is 12.0. The van der Waals surface area contributed by atoms with Crippen LogP contribution in [-0.4, -0.2) is 5.26 Å². The molecule has 0 aromatic rings. The van der Waals surface area contributed by atoms with Crippen LogP contribution in [0.2, 0.25) is 0 Å². The second-order valence-electron chi connectivity index (χ2n) is 1.38. The van der Waals surface area contributed by atoms with E-state index < -0.39 is 0 Å². The number of hydrogen-bond donors (Lipinski definition) is 1. The van der Waals surface area contributed by atoms with Crippen molar-refractivity contribution in [3.8, 4) is 0 Å². The van der Waals surface area contributed by atoms with Gasteiger partial charge in [-0.15, -0.1) is 0 Å². The quantitative estimate of drug-likeness (QED) is 0.271. The van der Waals surface area contributed by atoms with Crippen LogP contribution in [-0.2, 0) is 4.89 Å². The number of allylic oxidation sites excluding steroid dienone is 4. The maximum atomic E-state index is 8.10. The minimum absolute atomic E-state index is 0.412. The van der Waals surface area contributed by atoms with Crippen LogP contribution in [0, 0.1) is 0 Å². The molecule has 0 aliphatic carbocycles. The molecule has 0 atom stereocenters. The molecule has 2 nitrogen and oxygen atoms in total. The lowest BCUT2D eigenvalue weighted by Gasteiger charge is -1.91. The fourth-order valence-electron chi connectivity index (χ4n) is 0.342. The summed E-state index contributed by atoms with van der Waals surface area (Å²) in [6.45, 7) is 5.21. The average molecular weight is 126 g/mol. The maximum Gasteiger partial charge on any atom is 0.160 e. The molecule has 9 heavy (non-hydrogen) atoms. The lowest BCUT2D eigenvalue weighted by Crippen LogP contribution is -1.79. The van der Waals surface area contributed by atoms with E-state index in [1.54, 1.807) is 31.2 Å². The Morgan fingerprint density at radius 2 is 2.33 bits per heavy atom. The largest absolute Gasteiger partial charge is 0.341 e. The molecule has 0 unspecified atom stereocenters. The summed E-state index contributed by atoms with van der Waals surface area (Å²) in [5, 5.41) is 8.10. The van der Waals surface area contributed by atoms with E-state index >= 15 is 0 Å². The van der Waals surface area contributed by atoms with Gasteiger partial charge in [-0.25, -0.2) is 5.26 Å². The van der Waals surface area contributed by atoms with Gasteiger partial charge in [-0.05, 0) is 19.1 Å². The van der Waals surface area contributed by atoms with E-state index in [0.29, 0.717) is 5.76 Å². The smallest absolute Gasteiger partial charge is 0.160 e. The molecule has 1 N–H and O–H groups in total. The Bertz CT molecular complexity index is 134. The SMILES string of the molecule is C=C/C=C\C(=C/C)OO. The third kappa shape index (κ3) is 3.55. The zero-order chi connectivity index (χ0) is 7.11. The number of hydrogen-bond acceptors (Lipinski definition) is 2.